The fourth-order valence-electron chi connectivity index (χ4n) is 4.10. The molecule has 4 heterocycles. The number of hydrogen-bond donors (Lipinski definition) is 1. The second-order valence-electron chi connectivity index (χ2n) is 7.72. The molecule has 0 saturated carbocycles. The summed E-state index contributed by atoms with van der Waals surface area (Å²) in [7, 11) is 0. The van der Waals surface area contributed by atoms with Crippen molar-refractivity contribution in [2.75, 3.05) is 6.54 Å². The van der Waals surface area contributed by atoms with E-state index < -0.39 is 5.82 Å². The van der Waals surface area contributed by atoms with Crippen LogP contribution >= 0.6 is 23.2 Å². The first kappa shape index (κ1) is 20.7. The number of halogens is 3. The molecule has 162 valence electrons. The Morgan fingerprint density at radius 3 is 2.88 bits per heavy atom. The molecule has 0 radical (unpaired) electrons. The van der Waals surface area contributed by atoms with Crippen LogP contribution in [0.1, 0.15) is 32.7 Å². The number of rotatable bonds is 3. The van der Waals surface area contributed by atoms with Gasteiger partial charge in [0.2, 0.25) is 0 Å². The molecule has 0 spiro atoms. The summed E-state index contributed by atoms with van der Waals surface area (Å²) in [5.74, 6) is -0.947. The summed E-state index contributed by atoms with van der Waals surface area (Å²) < 4.78 is 16.2. The van der Waals surface area contributed by atoms with E-state index in [2.05, 4.69) is 9.97 Å². The van der Waals surface area contributed by atoms with Crippen molar-refractivity contribution in [1.82, 2.24) is 19.3 Å². The van der Waals surface area contributed by atoms with E-state index in [0.717, 1.165) is 11.1 Å². The van der Waals surface area contributed by atoms with Crippen molar-refractivity contribution >= 4 is 34.6 Å². The number of hydrogen-bond acceptors (Lipinski definition) is 3. The largest absolute Gasteiger partial charge is 0.334 e. The molecule has 6 nitrogen and oxygen atoms in total. The van der Waals surface area contributed by atoms with E-state index in [1.807, 2.05) is 6.07 Å². The van der Waals surface area contributed by atoms with Crippen molar-refractivity contribution < 1.29 is 9.18 Å². The molecular weight excluding hydrogens is 454 g/mol. The number of H-pyrrole nitrogens is 1. The zero-order valence-electron chi connectivity index (χ0n) is 16.7. The van der Waals surface area contributed by atoms with Gasteiger partial charge >= 0.3 is 0 Å². The number of amides is 1. The molecule has 0 atom stereocenters. The van der Waals surface area contributed by atoms with Crippen LogP contribution < -0.4 is 5.56 Å². The van der Waals surface area contributed by atoms with Gasteiger partial charge in [0.05, 0.1) is 10.6 Å². The van der Waals surface area contributed by atoms with Crippen LogP contribution in [0.3, 0.4) is 0 Å². The number of benzene rings is 1. The SMILES string of the molecule is O=C(c1cc(Cc2c[nH]c(=O)c3cc(Cl)c(Cl)n23)ccc1F)N1CCc2ccncc2C1. The monoisotopic (exact) mass is 470 g/mol. The third kappa shape index (κ3) is 3.57. The zero-order valence-corrected chi connectivity index (χ0v) is 18.3. The van der Waals surface area contributed by atoms with Gasteiger partial charge in [0.1, 0.15) is 16.5 Å². The van der Waals surface area contributed by atoms with Crippen LogP contribution in [0.25, 0.3) is 5.52 Å². The Balaban J connectivity index is 1.46. The van der Waals surface area contributed by atoms with Crippen LogP contribution in [-0.4, -0.2) is 31.7 Å². The molecule has 3 aromatic heterocycles. The topological polar surface area (TPSA) is 70.5 Å². The number of aromatic amines is 1. The van der Waals surface area contributed by atoms with Crippen LogP contribution in [0, 0.1) is 5.82 Å². The van der Waals surface area contributed by atoms with Gasteiger partial charge in [0.15, 0.2) is 0 Å². The quantitative estimate of drug-likeness (QED) is 0.486. The second kappa shape index (κ2) is 8.07. The van der Waals surface area contributed by atoms with Crippen molar-refractivity contribution in [2.24, 2.45) is 0 Å². The fraction of sp³-hybridized carbons (Fsp3) is 0.174. The summed E-state index contributed by atoms with van der Waals surface area (Å²) in [5.41, 5.74) is 3.48. The maximum atomic E-state index is 14.6. The van der Waals surface area contributed by atoms with E-state index in [4.69, 9.17) is 23.2 Å². The lowest BCUT2D eigenvalue weighted by Gasteiger charge is -2.28. The van der Waals surface area contributed by atoms with E-state index in [0.29, 0.717) is 42.7 Å². The summed E-state index contributed by atoms with van der Waals surface area (Å²) in [6.07, 6.45) is 6.03. The minimum atomic E-state index is -0.579. The van der Waals surface area contributed by atoms with Crippen LogP contribution in [-0.2, 0) is 19.4 Å². The van der Waals surface area contributed by atoms with E-state index in [-0.39, 0.29) is 27.2 Å². The van der Waals surface area contributed by atoms with Gasteiger partial charge in [-0.25, -0.2) is 4.39 Å². The molecule has 0 saturated heterocycles. The molecule has 0 unspecified atom stereocenters. The van der Waals surface area contributed by atoms with Crippen LogP contribution in [0.5, 0.6) is 0 Å². The highest BCUT2D eigenvalue weighted by Gasteiger charge is 2.24. The maximum absolute atomic E-state index is 14.6. The normalized spacial score (nSPS) is 13.4. The van der Waals surface area contributed by atoms with Crippen LogP contribution in [0.15, 0.2) is 53.7 Å². The number of aromatic nitrogens is 3. The van der Waals surface area contributed by atoms with Gasteiger partial charge < -0.3 is 9.88 Å². The molecule has 1 N–H and O–H groups in total. The third-order valence-corrected chi connectivity index (χ3v) is 6.50. The Morgan fingerprint density at radius 1 is 1.19 bits per heavy atom. The minimum absolute atomic E-state index is 0.00662. The average molecular weight is 471 g/mol. The summed E-state index contributed by atoms with van der Waals surface area (Å²) >= 11 is 12.4. The fourth-order valence-corrected chi connectivity index (χ4v) is 4.55. The van der Waals surface area contributed by atoms with Crippen LogP contribution in [0.4, 0.5) is 4.39 Å². The lowest BCUT2D eigenvalue weighted by atomic mass is 10.0. The Labute approximate surface area is 192 Å². The van der Waals surface area contributed by atoms with Crippen molar-refractivity contribution in [3.8, 4) is 0 Å². The molecule has 1 amide bonds. The Bertz CT molecular complexity index is 1430. The molecule has 1 aliphatic rings. The van der Waals surface area contributed by atoms with E-state index in [1.165, 1.54) is 18.3 Å². The first-order valence-corrected chi connectivity index (χ1v) is 10.7. The predicted molar refractivity (Wildman–Crippen MR) is 120 cm³/mol. The van der Waals surface area contributed by atoms with Crippen molar-refractivity contribution in [3.05, 3.63) is 103 Å². The summed E-state index contributed by atoms with van der Waals surface area (Å²) in [6.45, 7) is 0.904. The van der Waals surface area contributed by atoms with E-state index in [9.17, 15) is 14.0 Å². The van der Waals surface area contributed by atoms with Gasteiger partial charge in [0, 0.05) is 43.8 Å². The molecule has 0 bridgehead atoms. The molecule has 4 aromatic rings. The third-order valence-electron chi connectivity index (χ3n) is 5.74. The zero-order chi connectivity index (χ0) is 22.4. The first-order valence-electron chi connectivity index (χ1n) is 9.99. The molecule has 1 aliphatic heterocycles. The summed E-state index contributed by atoms with van der Waals surface area (Å²) in [4.78, 5) is 33.6. The average Bonchev–Trinajstić information content (AvgIpc) is 3.11. The van der Waals surface area contributed by atoms with Gasteiger partial charge in [-0.05, 0) is 47.4 Å². The van der Waals surface area contributed by atoms with Gasteiger partial charge in [-0.1, -0.05) is 29.3 Å². The predicted octanol–water partition coefficient (Wildman–Crippen LogP) is 4.26. The summed E-state index contributed by atoms with van der Waals surface area (Å²) in [6, 6.07) is 7.88. The van der Waals surface area contributed by atoms with Gasteiger partial charge in [0.25, 0.3) is 11.5 Å². The van der Waals surface area contributed by atoms with Crippen LogP contribution in [0.2, 0.25) is 10.2 Å². The van der Waals surface area contributed by atoms with Crippen molar-refractivity contribution in [3.63, 3.8) is 0 Å². The Hall–Kier alpha value is -3.16. The van der Waals surface area contributed by atoms with Gasteiger partial charge in [-0.15, -0.1) is 0 Å². The smallest absolute Gasteiger partial charge is 0.272 e. The van der Waals surface area contributed by atoms with E-state index >= 15 is 0 Å². The van der Waals surface area contributed by atoms with Gasteiger partial charge in [-0.2, -0.15) is 0 Å². The molecule has 5 rings (SSSR count). The van der Waals surface area contributed by atoms with Gasteiger partial charge in [-0.3, -0.25) is 19.0 Å². The highest BCUT2D eigenvalue weighted by atomic mass is 35.5. The Morgan fingerprint density at radius 2 is 2.03 bits per heavy atom. The lowest BCUT2D eigenvalue weighted by Crippen LogP contribution is -2.36. The van der Waals surface area contributed by atoms with E-state index in [1.54, 1.807) is 33.8 Å². The molecule has 9 heteroatoms. The number of fused-ring (bicyclic) bond motifs is 2. The molecule has 1 aromatic carbocycles. The second-order valence-corrected chi connectivity index (χ2v) is 8.49. The number of nitrogens with zero attached hydrogens (tertiary/aromatic N) is 3. The van der Waals surface area contributed by atoms with Crippen molar-refractivity contribution in [2.45, 2.75) is 19.4 Å². The standard InChI is InChI=1S/C23H17Cl2FN4O2/c24-18-9-20-22(31)28-11-16(30(20)21(18)25)7-13-1-2-19(26)17(8-13)23(32)29-6-4-14-3-5-27-10-15(14)12-29/h1-3,5,8-11H,4,6-7,12H2,(H,28,31). The molecular formula is C23H17Cl2FN4O2. The lowest BCUT2D eigenvalue weighted by molar-refractivity contribution is 0.0729. The number of nitrogens with one attached hydrogen (secondary N) is 1. The highest BCUT2D eigenvalue weighted by Crippen LogP contribution is 2.27. The number of pyridine rings is 1. The number of carbonyl (C=O) groups is 1. The molecule has 32 heavy (non-hydrogen) atoms. The highest BCUT2D eigenvalue weighted by molar-refractivity contribution is 6.42. The minimum Gasteiger partial charge on any atom is -0.334 e. The summed E-state index contributed by atoms with van der Waals surface area (Å²) in [5, 5.41) is 0.487. The van der Waals surface area contributed by atoms with Crippen molar-refractivity contribution in [1.29, 1.82) is 0 Å². The Kier molecular flexibility index (Phi) is 5.23. The number of carbonyl (C=O) groups excluding carboxylic acids is 1. The first-order chi connectivity index (χ1) is 15.4. The maximum Gasteiger partial charge on any atom is 0.272 e. The molecule has 0 fully saturated rings. The molecule has 0 aliphatic carbocycles.